The quantitative estimate of drug-likeness (QED) is 0.505. The van der Waals surface area contributed by atoms with Crippen LogP contribution in [0.1, 0.15) is 31.9 Å². The van der Waals surface area contributed by atoms with Crippen LogP contribution in [-0.2, 0) is 14.2 Å². The van der Waals surface area contributed by atoms with Crippen LogP contribution in [0.25, 0.3) is 11.1 Å². The Labute approximate surface area is 128 Å². The Kier molecular flexibility index (Phi) is 8.48. The second kappa shape index (κ2) is 10.2. The van der Waals surface area contributed by atoms with E-state index in [2.05, 4.69) is 51.1 Å². The fourth-order valence-electron chi connectivity index (χ4n) is 1.78. The van der Waals surface area contributed by atoms with Crippen LogP contribution in [0, 0.1) is 0 Å². The molecular weight excluding hydrogens is 264 g/mol. The van der Waals surface area contributed by atoms with Gasteiger partial charge in [-0.3, -0.25) is 0 Å². The molecule has 1 rings (SSSR count). The van der Waals surface area contributed by atoms with E-state index < -0.39 is 0 Å². The average molecular weight is 290 g/mol. The zero-order valence-corrected chi connectivity index (χ0v) is 13.5. The summed E-state index contributed by atoms with van der Waals surface area (Å²) in [5, 5.41) is 0. The van der Waals surface area contributed by atoms with Gasteiger partial charge in [-0.05, 0) is 49.1 Å². The smallest absolute Gasteiger partial charge is 0.111 e. The van der Waals surface area contributed by atoms with Gasteiger partial charge in [0, 0.05) is 7.11 Å². The fourth-order valence-corrected chi connectivity index (χ4v) is 1.78. The predicted octanol–water partition coefficient (Wildman–Crippen LogP) is 4.15. The summed E-state index contributed by atoms with van der Waals surface area (Å²) in [6.07, 6.45) is 3.91. The number of allylic oxidation sites excluding steroid dienone is 3. The summed E-state index contributed by atoms with van der Waals surface area (Å²) in [7, 11) is 1.66. The molecule has 0 radical (unpaired) electrons. The fraction of sp³-hybridized carbons (Fsp3) is 0.444. The Morgan fingerprint density at radius 2 is 1.67 bits per heavy atom. The van der Waals surface area contributed by atoms with Crippen LogP contribution < -0.4 is 0 Å². The Morgan fingerprint density at radius 3 is 2.33 bits per heavy atom. The third-order valence-electron chi connectivity index (χ3n) is 3.24. The first-order valence-corrected chi connectivity index (χ1v) is 7.27. The molecule has 116 valence electrons. The number of rotatable bonds is 9. The molecule has 3 heteroatoms. The Morgan fingerprint density at radius 1 is 1.00 bits per heavy atom. The van der Waals surface area contributed by atoms with E-state index >= 15 is 0 Å². The van der Waals surface area contributed by atoms with Crippen molar-refractivity contribution < 1.29 is 14.2 Å². The largest absolute Gasteiger partial charge is 0.498 e. The molecule has 0 aliphatic carbocycles. The maximum Gasteiger partial charge on any atom is 0.111 e. The molecule has 0 aliphatic heterocycles. The van der Waals surface area contributed by atoms with Crippen LogP contribution >= 0.6 is 0 Å². The zero-order chi connectivity index (χ0) is 15.5. The summed E-state index contributed by atoms with van der Waals surface area (Å²) in [4.78, 5) is 0. The summed E-state index contributed by atoms with van der Waals surface area (Å²) >= 11 is 0. The molecular formula is C18H26O3. The maximum atomic E-state index is 5.51. The van der Waals surface area contributed by atoms with E-state index in [4.69, 9.17) is 14.2 Å². The van der Waals surface area contributed by atoms with Gasteiger partial charge in [-0.1, -0.05) is 24.3 Å². The van der Waals surface area contributed by atoms with Crippen LogP contribution in [-0.4, -0.2) is 33.5 Å². The molecule has 0 heterocycles. The number of benzene rings is 1. The second-order valence-electron chi connectivity index (χ2n) is 4.83. The summed E-state index contributed by atoms with van der Waals surface area (Å²) in [6, 6.07) is 8.47. The molecule has 0 N–H and O–H groups in total. The molecule has 0 aliphatic rings. The van der Waals surface area contributed by atoms with Gasteiger partial charge in [-0.15, -0.1) is 0 Å². The van der Waals surface area contributed by atoms with E-state index in [1.165, 1.54) is 16.7 Å². The lowest BCUT2D eigenvalue weighted by Gasteiger charge is -2.07. The van der Waals surface area contributed by atoms with Crippen LogP contribution in [0.2, 0.25) is 0 Å². The number of hydrogen-bond donors (Lipinski definition) is 0. The molecule has 0 saturated heterocycles. The molecule has 21 heavy (non-hydrogen) atoms. The Bertz CT molecular complexity index is 475. The maximum absolute atomic E-state index is 5.51. The van der Waals surface area contributed by atoms with Crippen molar-refractivity contribution in [2.45, 2.75) is 20.8 Å². The van der Waals surface area contributed by atoms with Gasteiger partial charge < -0.3 is 14.2 Å². The topological polar surface area (TPSA) is 27.7 Å². The van der Waals surface area contributed by atoms with Crippen molar-refractivity contribution in [3.05, 3.63) is 47.7 Å². The van der Waals surface area contributed by atoms with Gasteiger partial charge in [0.2, 0.25) is 0 Å². The average Bonchev–Trinajstić information content (AvgIpc) is 2.53. The standard InChI is InChI=1S/C18H26O3/c1-5-15(2)17-7-6-8-18(13-17)16(3)14-21-12-11-20-10-9-19-4/h5-8,13-14H,9-12H2,1-4H3/b15-5+,16-14+. The molecule has 0 amide bonds. The van der Waals surface area contributed by atoms with Crippen LogP contribution in [0.15, 0.2) is 36.6 Å². The summed E-state index contributed by atoms with van der Waals surface area (Å²) < 4.78 is 15.8. The van der Waals surface area contributed by atoms with E-state index in [9.17, 15) is 0 Å². The van der Waals surface area contributed by atoms with Crippen molar-refractivity contribution in [2.75, 3.05) is 33.5 Å². The second-order valence-corrected chi connectivity index (χ2v) is 4.83. The monoisotopic (exact) mass is 290 g/mol. The molecule has 0 unspecified atom stereocenters. The lowest BCUT2D eigenvalue weighted by Crippen LogP contribution is -2.06. The minimum absolute atomic E-state index is 0.550. The highest BCUT2D eigenvalue weighted by atomic mass is 16.5. The Balaban J connectivity index is 2.47. The third-order valence-corrected chi connectivity index (χ3v) is 3.24. The number of methoxy groups -OCH3 is 1. The van der Waals surface area contributed by atoms with E-state index in [0.717, 1.165) is 5.57 Å². The lowest BCUT2D eigenvalue weighted by molar-refractivity contribution is 0.0465. The summed E-state index contributed by atoms with van der Waals surface area (Å²) in [6.45, 7) is 8.57. The molecule has 1 aromatic carbocycles. The predicted molar refractivity (Wildman–Crippen MR) is 88.1 cm³/mol. The SMILES string of the molecule is C/C=C(\C)c1cccc(/C(C)=C/OCCOCCOC)c1. The Hall–Kier alpha value is -1.58. The van der Waals surface area contributed by atoms with Gasteiger partial charge in [-0.25, -0.2) is 0 Å². The normalized spacial score (nSPS) is 12.6. The van der Waals surface area contributed by atoms with E-state index in [1.54, 1.807) is 13.4 Å². The molecule has 0 spiro atoms. The highest BCUT2D eigenvalue weighted by Crippen LogP contribution is 2.20. The van der Waals surface area contributed by atoms with Crippen molar-refractivity contribution in [3.63, 3.8) is 0 Å². The molecule has 3 nitrogen and oxygen atoms in total. The summed E-state index contributed by atoms with van der Waals surface area (Å²) in [5.74, 6) is 0. The third kappa shape index (κ3) is 6.61. The first-order valence-electron chi connectivity index (χ1n) is 7.27. The first-order chi connectivity index (χ1) is 10.2. The van der Waals surface area contributed by atoms with Crippen molar-refractivity contribution in [2.24, 2.45) is 0 Å². The van der Waals surface area contributed by atoms with E-state index in [0.29, 0.717) is 26.4 Å². The van der Waals surface area contributed by atoms with E-state index in [-0.39, 0.29) is 0 Å². The zero-order valence-electron chi connectivity index (χ0n) is 13.5. The van der Waals surface area contributed by atoms with Crippen molar-refractivity contribution in [3.8, 4) is 0 Å². The molecule has 0 aromatic heterocycles. The number of hydrogen-bond acceptors (Lipinski definition) is 3. The van der Waals surface area contributed by atoms with Gasteiger partial charge in [0.1, 0.15) is 6.61 Å². The van der Waals surface area contributed by atoms with Gasteiger partial charge >= 0.3 is 0 Å². The van der Waals surface area contributed by atoms with Gasteiger partial charge in [0.15, 0.2) is 0 Å². The van der Waals surface area contributed by atoms with Gasteiger partial charge in [-0.2, -0.15) is 0 Å². The number of ether oxygens (including phenoxy) is 3. The van der Waals surface area contributed by atoms with Crippen LogP contribution in [0.3, 0.4) is 0 Å². The van der Waals surface area contributed by atoms with Crippen molar-refractivity contribution >= 4 is 11.1 Å². The van der Waals surface area contributed by atoms with E-state index in [1.807, 2.05) is 0 Å². The lowest BCUT2D eigenvalue weighted by atomic mass is 10.0. The molecule has 1 aromatic rings. The molecule has 0 bridgehead atoms. The molecule has 0 saturated carbocycles. The summed E-state index contributed by atoms with van der Waals surface area (Å²) in [5.41, 5.74) is 4.80. The first kappa shape index (κ1) is 17.5. The minimum Gasteiger partial charge on any atom is -0.498 e. The van der Waals surface area contributed by atoms with Gasteiger partial charge in [0.05, 0.1) is 26.1 Å². The van der Waals surface area contributed by atoms with Crippen molar-refractivity contribution in [1.29, 1.82) is 0 Å². The minimum atomic E-state index is 0.550. The van der Waals surface area contributed by atoms with Gasteiger partial charge in [0.25, 0.3) is 0 Å². The van der Waals surface area contributed by atoms with Crippen LogP contribution in [0.5, 0.6) is 0 Å². The highest BCUT2D eigenvalue weighted by molar-refractivity contribution is 5.70. The molecule has 0 fully saturated rings. The highest BCUT2D eigenvalue weighted by Gasteiger charge is 2.00. The van der Waals surface area contributed by atoms with Crippen molar-refractivity contribution in [1.82, 2.24) is 0 Å². The molecule has 0 atom stereocenters. The van der Waals surface area contributed by atoms with Crippen LogP contribution in [0.4, 0.5) is 0 Å².